The number of hydrogen-bond donors (Lipinski definition) is 1. The van der Waals surface area contributed by atoms with Crippen molar-refractivity contribution in [3.63, 3.8) is 0 Å². The maximum Gasteiger partial charge on any atom is 0.408 e. The van der Waals surface area contributed by atoms with Crippen LogP contribution in [-0.2, 0) is 33.8 Å². The maximum atomic E-state index is 13.8. The Morgan fingerprint density at radius 2 is 1.63 bits per heavy atom. The molecule has 0 fully saturated rings. The smallest absolute Gasteiger partial charge is 0.408 e. The summed E-state index contributed by atoms with van der Waals surface area (Å²) in [6.07, 6.45) is 1.25. The van der Waals surface area contributed by atoms with Gasteiger partial charge >= 0.3 is 12.1 Å². The number of amides is 1. The number of alkyl carbamates (subject to hydrolysis) is 1. The third-order valence-electron chi connectivity index (χ3n) is 5.83. The summed E-state index contributed by atoms with van der Waals surface area (Å²) < 4.78 is 40.1. The summed E-state index contributed by atoms with van der Waals surface area (Å²) in [6.45, 7) is 5.56. The lowest BCUT2D eigenvalue weighted by molar-refractivity contribution is -0.147. The summed E-state index contributed by atoms with van der Waals surface area (Å²) >= 11 is 0. The molecule has 38 heavy (non-hydrogen) atoms. The fourth-order valence-corrected chi connectivity index (χ4v) is 4.14. The van der Waals surface area contributed by atoms with Crippen LogP contribution in [0.5, 0.6) is 0 Å². The lowest BCUT2D eigenvalue weighted by atomic mass is 10.1. The van der Waals surface area contributed by atoms with Crippen molar-refractivity contribution < 1.29 is 27.8 Å². The van der Waals surface area contributed by atoms with Gasteiger partial charge in [-0.25, -0.2) is 18.4 Å². The summed E-state index contributed by atoms with van der Waals surface area (Å²) in [6, 6.07) is 19.6. The Balaban J connectivity index is 1.60. The van der Waals surface area contributed by atoms with Crippen molar-refractivity contribution in [2.24, 2.45) is 0 Å². The molecule has 1 amide bonds. The van der Waals surface area contributed by atoms with Crippen LogP contribution in [0.4, 0.5) is 13.6 Å². The number of rotatable bonds is 8. The van der Waals surface area contributed by atoms with Crippen LogP contribution in [-0.4, -0.2) is 28.3 Å². The number of halogens is 2. The molecule has 0 radical (unpaired) electrons. The Morgan fingerprint density at radius 3 is 2.34 bits per heavy atom. The zero-order valence-corrected chi connectivity index (χ0v) is 21.5. The minimum Gasteiger partial charge on any atom is -0.459 e. The largest absolute Gasteiger partial charge is 0.459 e. The molecule has 0 aliphatic rings. The van der Waals surface area contributed by atoms with Gasteiger partial charge in [-0.15, -0.1) is 0 Å². The highest BCUT2D eigenvalue weighted by atomic mass is 19.2. The predicted octanol–water partition coefficient (Wildman–Crippen LogP) is 6.15. The molecule has 4 rings (SSSR count). The molecular weight excluding hydrogens is 490 g/mol. The Bertz CT molecular complexity index is 1430. The molecule has 0 saturated heterocycles. The first kappa shape index (κ1) is 26.9. The second kappa shape index (κ2) is 11.5. The predicted molar refractivity (Wildman–Crippen MR) is 140 cm³/mol. The summed E-state index contributed by atoms with van der Waals surface area (Å²) in [5.74, 6) is -2.42. The number of para-hydroxylation sites is 1. The number of esters is 1. The van der Waals surface area contributed by atoms with E-state index in [1.165, 1.54) is 6.07 Å². The van der Waals surface area contributed by atoms with E-state index in [1.807, 2.05) is 65.4 Å². The number of carbonyl (C=O) groups is 2. The second-order valence-electron chi connectivity index (χ2n) is 10.0. The van der Waals surface area contributed by atoms with E-state index in [1.54, 1.807) is 20.8 Å². The van der Waals surface area contributed by atoms with E-state index in [2.05, 4.69) is 5.32 Å². The maximum absolute atomic E-state index is 13.8. The van der Waals surface area contributed by atoms with Gasteiger partial charge in [0, 0.05) is 30.1 Å². The van der Waals surface area contributed by atoms with Gasteiger partial charge in [-0.1, -0.05) is 54.6 Å². The molecule has 1 heterocycles. The quantitative estimate of drug-likeness (QED) is 0.283. The standard InChI is InChI=1S/C30H30F2N2O4/c1-30(2,3)38-29(36)33-26(28(35)37-19-20-9-5-4-6-10-20)16-22-18-34(27-12-8-7-11-23(22)27)17-21-13-14-24(31)25(32)15-21/h4-15,18,26H,16-17,19H2,1-3H3,(H,33,36). The van der Waals surface area contributed by atoms with Crippen molar-refractivity contribution in [3.05, 3.63) is 107 Å². The summed E-state index contributed by atoms with van der Waals surface area (Å²) in [7, 11) is 0. The van der Waals surface area contributed by atoms with Crippen LogP contribution in [0.15, 0.2) is 79.0 Å². The Hall–Kier alpha value is -4.20. The molecule has 0 bridgehead atoms. The number of benzene rings is 3. The van der Waals surface area contributed by atoms with E-state index < -0.39 is 35.3 Å². The average molecular weight is 521 g/mol. The van der Waals surface area contributed by atoms with Crippen LogP contribution < -0.4 is 5.32 Å². The van der Waals surface area contributed by atoms with Gasteiger partial charge in [0.15, 0.2) is 11.6 Å². The van der Waals surface area contributed by atoms with Crippen LogP contribution in [0.2, 0.25) is 0 Å². The lowest BCUT2D eigenvalue weighted by Crippen LogP contribution is -2.45. The monoisotopic (exact) mass is 520 g/mol. The van der Waals surface area contributed by atoms with Crippen molar-refractivity contribution >= 4 is 23.0 Å². The van der Waals surface area contributed by atoms with E-state index in [9.17, 15) is 18.4 Å². The molecule has 0 spiro atoms. The molecule has 6 nitrogen and oxygen atoms in total. The van der Waals surface area contributed by atoms with Gasteiger partial charge < -0.3 is 19.4 Å². The lowest BCUT2D eigenvalue weighted by Gasteiger charge is -2.23. The molecule has 1 aromatic heterocycles. The fourth-order valence-electron chi connectivity index (χ4n) is 4.14. The molecule has 4 aromatic rings. The van der Waals surface area contributed by atoms with Gasteiger partial charge in [0.25, 0.3) is 0 Å². The molecule has 1 atom stereocenters. The first-order valence-electron chi connectivity index (χ1n) is 12.3. The number of ether oxygens (including phenoxy) is 2. The fraction of sp³-hybridized carbons (Fsp3) is 0.267. The number of nitrogens with one attached hydrogen (secondary N) is 1. The number of hydrogen-bond acceptors (Lipinski definition) is 4. The number of aromatic nitrogens is 1. The first-order chi connectivity index (χ1) is 18.1. The van der Waals surface area contributed by atoms with Gasteiger partial charge in [0.1, 0.15) is 18.2 Å². The average Bonchev–Trinajstić information content (AvgIpc) is 3.21. The summed E-state index contributed by atoms with van der Waals surface area (Å²) in [5, 5.41) is 3.52. The van der Waals surface area contributed by atoms with Crippen molar-refractivity contribution in [2.45, 2.75) is 52.0 Å². The molecule has 0 aliphatic heterocycles. The van der Waals surface area contributed by atoms with Gasteiger partial charge in [0.2, 0.25) is 0 Å². The summed E-state index contributed by atoms with van der Waals surface area (Å²) in [5.41, 5.74) is 2.28. The van der Waals surface area contributed by atoms with Gasteiger partial charge in [-0.3, -0.25) is 0 Å². The van der Waals surface area contributed by atoms with E-state index in [4.69, 9.17) is 9.47 Å². The van der Waals surface area contributed by atoms with Gasteiger partial charge in [-0.05, 0) is 55.7 Å². The van der Waals surface area contributed by atoms with Crippen LogP contribution in [0.3, 0.4) is 0 Å². The van der Waals surface area contributed by atoms with Crippen LogP contribution in [0.1, 0.15) is 37.5 Å². The Morgan fingerprint density at radius 1 is 0.921 bits per heavy atom. The van der Waals surface area contributed by atoms with Crippen LogP contribution in [0, 0.1) is 11.6 Å². The third-order valence-corrected chi connectivity index (χ3v) is 5.83. The highest BCUT2D eigenvalue weighted by molar-refractivity contribution is 5.86. The van der Waals surface area contributed by atoms with Gasteiger partial charge in [-0.2, -0.15) is 0 Å². The van der Waals surface area contributed by atoms with Gasteiger partial charge in [0.05, 0.1) is 0 Å². The molecular formula is C30H30F2N2O4. The highest BCUT2D eigenvalue weighted by Crippen LogP contribution is 2.25. The molecule has 3 aromatic carbocycles. The van der Waals surface area contributed by atoms with Crippen molar-refractivity contribution in [3.8, 4) is 0 Å². The Kier molecular flexibility index (Phi) is 8.10. The van der Waals surface area contributed by atoms with E-state index in [-0.39, 0.29) is 13.0 Å². The minimum atomic E-state index is -1.02. The molecule has 198 valence electrons. The van der Waals surface area contributed by atoms with Crippen LogP contribution >= 0.6 is 0 Å². The molecule has 8 heteroatoms. The second-order valence-corrected chi connectivity index (χ2v) is 10.0. The molecule has 0 saturated carbocycles. The van der Waals surface area contributed by atoms with E-state index in [0.29, 0.717) is 12.1 Å². The van der Waals surface area contributed by atoms with Crippen LogP contribution in [0.25, 0.3) is 10.9 Å². The summed E-state index contributed by atoms with van der Waals surface area (Å²) in [4.78, 5) is 25.7. The van der Waals surface area contributed by atoms with Crippen molar-refractivity contribution in [1.82, 2.24) is 9.88 Å². The molecule has 0 aliphatic carbocycles. The van der Waals surface area contributed by atoms with Crippen molar-refractivity contribution in [1.29, 1.82) is 0 Å². The zero-order chi connectivity index (χ0) is 27.3. The zero-order valence-electron chi connectivity index (χ0n) is 21.5. The number of nitrogens with zero attached hydrogens (tertiary/aromatic N) is 1. The normalized spacial score (nSPS) is 12.2. The molecule has 1 unspecified atom stereocenters. The number of carbonyl (C=O) groups excluding carboxylic acids is 2. The first-order valence-corrected chi connectivity index (χ1v) is 12.3. The Labute approximate surface area is 220 Å². The topological polar surface area (TPSA) is 69.6 Å². The van der Waals surface area contributed by atoms with E-state index in [0.717, 1.165) is 34.2 Å². The third kappa shape index (κ3) is 6.97. The minimum absolute atomic E-state index is 0.0596. The molecule has 1 N–H and O–H groups in total. The van der Waals surface area contributed by atoms with E-state index >= 15 is 0 Å². The highest BCUT2D eigenvalue weighted by Gasteiger charge is 2.27. The number of fused-ring (bicyclic) bond motifs is 1. The van der Waals surface area contributed by atoms with Crippen molar-refractivity contribution in [2.75, 3.05) is 0 Å². The SMILES string of the molecule is CC(C)(C)OC(=O)NC(Cc1cn(Cc2ccc(F)c(F)c2)c2ccccc12)C(=O)OCc1ccccc1.